The molecule has 27 heavy (non-hydrogen) atoms. The molecule has 2 heterocycles. The number of fused-ring (bicyclic) bond motifs is 1. The van der Waals surface area contributed by atoms with Gasteiger partial charge in [-0.25, -0.2) is 13.4 Å². The van der Waals surface area contributed by atoms with Gasteiger partial charge in [0.15, 0.2) is 0 Å². The van der Waals surface area contributed by atoms with Crippen LogP contribution in [0.5, 0.6) is 0 Å². The number of imidazole rings is 1. The van der Waals surface area contributed by atoms with Crippen LogP contribution in [0, 0.1) is 5.92 Å². The molecule has 6 heteroatoms. The van der Waals surface area contributed by atoms with Crippen LogP contribution in [0.15, 0.2) is 36.7 Å². The van der Waals surface area contributed by atoms with Crippen LogP contribution in [0.1, 0.15) is 49.2 Å². The van der Waals surface area contributed by atoms with Gasteiger partial charge in [0.05, 0.1) is 5.75 Å². The second-order valence-electron chi connectivity index (χ2n) is 7.91. The van der Waals surface area contributed by atoms with E-state index in [0.29, 0.717) is 19.0 Å². The summed E-state index contributed by atoms with van der Waals surface area (Å²) in [6.07, 6.45) is 9.42. The smallest absolute Gasteiger partial charge is 0.214 e. The van der Waals surface area contributed by atoms with E-state index in [0.717, 1.165) is 44.3 Å². The van der Waals surface area contributed by atoms with Gasteiger partial charge in [-0.15, -0.1) is 0 Å². The number of aromatic nitrogens is 2. The summed E-state index contributed by atoms with van der Waals surface area (Å²) in [4.78, 5) is 4.40. The van der Waals surface area contributed by atoms with Crippen molar-refractivity contribution in [2.75, 3.05) is 18.8 Å². The van der Waals surface area contributed by atoms with Crippen molar-refractivity contribution < 1.29 is 8.42 Å². The van der Waals surface area contributed by atoms with Gasteiger partial charge in [-0.05, 0) is 49.1 Å². The molecular weight excluding hydrogens is 358 g/mol. The van der Waals surface area contributed by atoms with Crippen molar-refractivity contribution in [3.63, 3.8) is 0 Å². The fourth-order valence-electron chi connectivity index (χ4n) is 4.65. The van der Waals surface area contributed by atoms with Crippen LogP contribution < -0.4 is 0 Å². The Kier molecular flexibility index (Phi) is 5.37. The summed E-state index contributed by atoms with van der Waals surface area (Å²) in [5, 5.41) is 0. The third-order valence-corrected chi connectivity index (χ3v) is 8.00. The summed E-state index contributed by atoms with van der Waals surface area (Å²) in [5.41, 5.74) is 2.79. The lowest BCUT2D eigenvalue weighted by Crippen LogP contribution is -2.42. The predicted octanol–water partition coefficient (Wildman–Crippen LogP) is 3.22. The molecule has 1 atom stereocenters. The van der Waals surface area contributed by atoms with Crippen LogP contribution in [0.4, 0.5) is 0 Å². The number of hydrogen-bond acceptors (Lipinski definition) is 3. The van der Waals surface area contributed by atoms with E-state index < -0.39 is 10.0 Å². The van der Waals surface area contributed by atoms with E-state index in [9.17, 15) is 8.42 Å². The molecule has 1 aliphatic carbocycles. The molecule has 0 saturated carbocycles. The molecular formula is C21H29N3O2S. The Bertz CT molecular complexity index is 865. The molecule has 5 nitrogen and oxygen atoms in total. The van der Waals surface area contributed by atoms with Gasteiger partial charge >= 0.3 is 0 Å². The normalized spacial score (nSPS) is 21.4. The zero-order valence-corrected chi connectivity index (χ0v) is 16.9. The van der Waals surface area contributed by atoms with E-state index in [1.54, 1.807) is 4.31 Å². The first-order chi connectivity index (χ1) is 13.1. The SMILES string of the molecule is CCc1nccn1[C@H]1CCCN(S(=O)(=O)CCC2Cc3ccccc3C2)C1. The van der Waals surface area contributed by atoms with Crippen LogP contribution in [-0.2, 0) is 29.3 Å². The topological polar surface area (TPSA) is 55.2 Å². The van der Waals surface area contributed by atoms with Crippen molar-refractivity contribution >= 4 is 10.0 Å². The van der Waals surface area contributed by atoms with E-state index in [1.165, 1.54) is 11.1 Å². The molecule has 0 N–H and O–H groups in total. The van der Waals surface area contributed by atoms with Gasteiger partial charge in [-0.1, -0.05) is 31.2 Å². The molecule has 2 aliphatic rings. The van der Waals surface area contributed by atoms with Crippen molar-refractivity contribution in [3.05, 3.63) is 53.6 Å². The van der Waals surface area contributed by atoms with Crippen molar-refractivity contribution in [2.24, 2.45) is 5.92 Å². The van der Waals surface area contributed by atoms with E-state index in [-0.39, 0.29) is 11.8 Å². The van der Waals surface area contributed by atoms with E-state index >= 15 is 0 Å². The number of aryl methyl sites for hydroxylation is 1. The minimum atomic E-state index is -3.20. The van der Waals surface area contributed by atoms with Crippen LogP contribution in [-0.4, -0.2) is 41.1 Å². The van der Waals surface area contributed by atoms with Crippen LogP contribution in [0.3, 0.4) is 0 Å². The molecule has 0 spiro atoms. The molecule has 2 aromatic rings. The number of benzene rings is 1. The molecule has 0 amide bonds. The van der Waals surface area contributed by atoms with E-state index in [2.05, 4.69) is 40.7 Å². The predicted molar refractivity (Wildman–Crippen MR) is 107 cm³/mol. The highest BCUT2D eigenvalue weighted by atomic mass is 32.2. The number of piperidine rings is 1. The summed E-state index contributed by atoms with van der Waals surface area (Å²) in [7, 11) is -3.20. The molecule has 1 fully saturated rings. The fourth-order valence-corrected chi connectivity index (χ4v) is 6.35. The van der Waals surface area contributed by atoms with Gasteiger partial charge in [-0.2, -0.15) is 4.31 Å². The minimum Gasteiger partial charge on any atom is -0.331 e. The van der Waals surface area contributed by atoms with Gasteiger partial charge < -0.3 is 4.57 Å². The zero-order valence-electron chi connectivity index (χ0n) is 16.0. The Labute approximate surface area is 162 Å². The highest BCUT2D eigenvalue weighted by Gasteiger charge is 2.31. The average Bonchev–Trinajstić information content (AvgIpc) is 3.33. The summed E-state index contributed by atoms with van der Waals surface area (Å²) < 4.78 is 29.9. The second kappa shape index (κ2) is 7.76. The Morgan fingerprint density at radius 2 is 1.93 bits per heavy atom. The lowest BCUT2D eigenvalue weighted by Gasteiger charge is -2.33. The van der Waals surface area contributed by atoms with Gasteiger partial charge in [0.2, 0.25) is 10.0 Å². The lowest BCUT2D eigenvalue weighted by atomic mass is 10.0. The molecule has 1 saturated heterocycles. The van der Waals surface area contributed by atoms with Crippen LogP contribution >= 0.6 is 0 Å². The third kappa shape index (κ3) is 3.97. The van der Waals surface area contributed by atoms with Crippen LogP contribution in [0.25, 0.3) is 0 Å². The summed E-state index contributed by atoms with van der Waals surface area (Å²) >= 11 is 0. The molecule has 4 rings (SSSR count). The Hall–Kier alpha value is -1.66. The first-order valence-electron chi connectivity index (χ1n) is 10.1. The van der Waals surface area contributed by atoms with E-state index in [1.807, 2.05) is 12.4 Å². The monoisotopic (exact) mass is 387 g/mol. The summed E-state index contributed by atoms with van der Waals surface area (Å²) in [6.45, 7) is 3.33. The summed E-state index contributed by atoms with van der Waals surface area (Å²) in [6, 6.07) is 8.71. The Balaban J connectivity index is 1.37. The lowest BCUT2D eigenvalue weighted by molar-refractivity contribution is 0.262. The molecule has 0 bridgehead atoms. The molecule has 0 unspecified atom stereocenters. The van der Waals surface area contributed by atoms with Gasteiger partial charge in [0.1, 0.15) is 5.82 Å². The first kappa shape index (κ1) is 18.7. The van der Waals surface area contributed by atoms with E-state index in [4.69, 9.17) is 0 Å². The van der Waals surface area contributed by atoms with Crippen LogP contribution in [0.2, 0.25) is 0 Å². The fraction of sp³-hybridized carbons (Fsp3) is 0.571. The largest absolute Gasteiger partial charge is 0.331 e. The Morgan fingerprint density at radius 1 is 1.19 bits per heavy atom. The number of nitrogens with zero attached hydrogens (tertiary/aromatic N) is 3. The average molecular weight is 388 g/mol. The first-order valence-corrected chi connectivity index (χ1v) is 11.7. The number of rotatable bonds is 6. The molecule has 1 aromatic carbocycles. The van der Waals surface area contributed by atoms with Crippen molar-refractivity contribution in [2.45, 2.75) is 51.5 Å². The highest BCUT2D eigenvalue weighted by molar-refractivity contribution is 7.89. The Morgan fingerprint density at radius 3 is 2.63 bits per heavy atom. The van der Waals surface area contributed by atoms with Gasteiger partial charge in [-0.3, -0.25) is 0 Å². The minimum absolute atomic E-state index is 0.210. The molecule has 1 aromatic heterocycles. The maximum atomic E-state index is 13.0. The zero-order chi connectivity index (χ0) is 18.9. The van der Waals surface area contributed by atoms with Crippen molar-refractivity contribution in [1.29, 1.82) is 0 Å². The summed E-state index contributed by atoms with van der Waals surface area (Å²) in [5.74, 6) is 1.77. The number of hydrogen-bond donors (Lipinski definition) is 0. The standard InChI is InChI=1S/C21H29N3O2S/c1-2-21-22-10-12-24(21)20-8-5-11-23(16-20)27(25,26)13-9-17-14-18-6-3-4-7-19(18)15-17/h3-4,6-7,10,12,17,20H,2,5,8-9,11,13-16H2,1H3/t20-/m0/s1. The van der Waals surface area contributed by atoms with Gasteiger partial charge in [0.25, 0.3) is 0 Å². The van der Waals surface area contributed by atoms with Gasteiger partial charge in [0, 0.05) is 37.9 Å². The molecule has 0 radical (unpaired) electrons. The number of sulfonamides is 1. The third-order valence-electron chi connectivity index (χ3n) is 6.13. The molecule has 146 valence electrons. The maximum absolute atomic E-state index is 13.0. The van der Waals surface area contributed by atoms with Crippen molar-refractivity contribution in [1.82, 2.24) is 13.9 Å². The maximum Gasteiger partial charge on any atom is 0.214 e. The van der Waals surface area contributed by atoms with Crippen molar-refractivity contribution in [3.8, 4) is 0 Å². The quantitative estimate of drug-likeness (QED) is 0.765. The highest BCUT2D eigenvalue weighted by Crippen LogP contribution is 2.30. The molecule has 1 aliphatic heterocycles. The second-order valence-corrected chi connectivity index (χ2v) is 9.99.